The maximum Gasteiger partial charge on any atom is 0.271 e. The van der Waals surface area contributed by atoms with Gasteiger partial charge in [-0.2, -0.15) is 5.10 Å². The Kier molecular flexibility index (Phi) is 6.65. The van der Waals surface area contributed by atoms with E-state index in [1.807, 2.05) is 24.3 Å². The summed E-state index contributed by atoms with van der Waals surface area (Å²) in [5, 5.41) is 6.74. The summed E-state index contributed by atoms with van der Waals surface area (Å²) in [6.07, 6.45) is 3.16. The van der Waals surface area contributed by atoms with E-state index in [2.05, 4.69) is 20.8 Å². The fourth-order valence-corrected chi connectivity index (χ4v) is 1.99. The molecule has 2 amide bonds. The second-order valence-electron chi connectivity index (χ2n) is 5.33. The van der Waals surface area contributed by atoms with Gasteiger partial charge in [0.15, 0.2) is 0 Å². The second kappa shape index (κ2) is 9.17. The minimum Gasteiger partial charge on any atom is -0.497 e. The summed E-state index contributed by atoms with van der Waals surface area (Å²) < 4.78 is 5.08. The number of hydrogen-bond acceptors (Lipinski definition) is 5. The quantitative estimate of drug-likeness (QED) is 0.595. The molecule has 1 aromatic carbocycles. The Morgan fingerprint density at radius 2 is 1.80 bits per heavy atom. The number of pyridine rings is 1. The molecule has 0 fully saturated rings. The van der Waals surface area contributed by atoms with E-state index >= 15 is 0 Å². The molecular formula is C18H20N4O3. The Morgan fingerprint density at radius 1 is 1.12 bits per heavy atom. The number of carbonyl (C=O) groups is 2. The van der Waals surface area contributed by atoms with Crippen molar-refractivity contribution in [3.63, 3.8) is 0 Å². The van der Waals surface area contributed by atoms with Crippen LogP contribution in [0.15, 0.2) is 53.9 Å². The zero-order valence-electron chi connectivity index (χ0n) is 14.2. The maximum atomic E-state index is 11.9. The van der Waals surface area contributed by atoms with Gasteiger partial charge < -0.3 is 10.1 Å². The first-order valence-electron chi connectivity index (χ1n) is 7.71. The Morgan fingerprint density at radius 3 is 2.44 bits per heavy atom. The average molecular weight is 340 g/mol. The predicted molar refractivity (Wildman–Crippen MR) is 94.3 cm³/mol. The van der Waals surface area contributed by atoms with Crippen molar-refractivity contribution < 1.29 is 14.3 Å². The van der Waals surface area contributed by atoms with Gasteiger partial charge in [0.2, 0.25) is 5.91 Å². The van der Waals surface area contributed by atoms with Gasteiger partial charge in [0.25, 0.3) is 5.91 Å². The number of hydrogen-bond donors (Lipinski definition) is 2. The highest BCUT2D eigenvalue weighted by molar-refractivity contribution is 6.01. The van der Waals surface area contributed by atoms with Crippen molar-refractivity contribution in [2.75, 3.05) is 7.11 Å². The molecule has 2 N–H and O–H groups in total. The molecule has 25 heavy (non-hydrogen) atoms. The minimum atomic E-state index is -0.347. The van der Waals surface area contributed by atoms with Gasteiger partial charge in [0.1, 0.15) is 5.75 Å². The number of hydrazone groups is 1. The van der Waals surface area contributed by atoms with Gasteiger partial charge in [-0.1, -0.05) is 12.1 Å². The van der Waals surface area contributed by atoms with E-state index in [1.54, 1.807) is 26.2 Å². The number of carbonyl (C=O) groups excluding carboxylic acids is 2. The summed E-state index contributed by atoms with van der Waals surface area (Å²) in [6, 6.07) is 10.6. The molecule has 7 nitrogen and oxygen atoms in total. The van der Waals surface area contributed by atoms with Crippen molar-refractivity contribution >= 4 is 17.5 Å². The van der Waals surface area contributed by atoms with E-state index < -0.39 is 0 Å². The van der Waals surface area contributed by atoms with Crippen LogP contribution in [0.2, 0.25) is 0 Å². The monoisotopic (exact) mass is 340 g/mol. The predicted octanol–water partition coefficient (Wildman–Crippen LogP) is 1.90. The van der Waals surface area contributed by atoms with E-state index in [9.17, 15) is 9.59 Å². The number of benzene rings is 1. The molecule has 0 radical (unpaired) electrons. The van der Waals surface area contributed by atoms with Crippen LogP contribution in [-0.4, -0.2) is 29.6 Å². The third-order valence-corrected chi connectivity index (χ3v) is 3.36. The SMILES string of the molecule is COc1ccc(CNC(=O)C/C(C)=N\NC(=O)c2ccncc2)cc1. The summed E-state index contributed by atoms with van der Waals surface area (Å²) >= 11 is 0. The largest absolute Gasteiger partial charge is 0.497 e. The van der Waals surface area contributed by atoms with Gasteiger partial charge in [-0.05, 0) is 36.8 Å². The lowest BCUT2D eigenvalue weighted by molar-refractivity contribution is -0.120. The maximum absolute atomic E-state index is 11.9. The number of aromatic nitrogens is 1. The first kappa shape index (κ1) is 18.1. The van der Waals surface area contributed by atoms with Crippen molar-refractivity contribution in [3.05, 3.63) is 59.9 Å². The zero-order valence-corrected chi connectivity index (χ0v) is 14.2. The van der Waals surface area contributed by atoms with Crippen LogP contribution in [0.3, 0.4) is 0 Å². The Hall–Kier alpha value is -3.22. The normalized spacial score (nSPS) is 10.9. The van der Waals surface area contributed by atoms with Crippen molar-refractivity contribution in [1.82, 2.24) is 15.7 Å². The Bertz CT molecular complexity index is 743. The Labute approximate surface area is 146 Å². The first-order chi connectivity index (χ1) is 12.1. The molecule has 0 unspecified atom stereocenters. The lowest BCUT2D eigenvalue weighted by Crippen LogP contribution is -2.26. The summed E-state index contributed by atoms with van der Waals surface area (Å²) in [4.78, 5) is 27.6. The lowest BCUT2D eigenvalue weighted by atomic mass is 10.2. The lowest BCUT2D eigenvalue weighted by Gasteiger charge is -2.06. The van der Waals surface area contributed by atoms with Crippen molar-refractivity contribution in [3.8, 4) is 5.75 Å². The van der Waals surface area contributed by atoms with Gasteiger partial charge in [-0.3, -0.25) is 14.6 Å². The molecule has 7 heteroatoms. The fraction of sp³-hybridized carbons (Fsp3) is 0.222. The zero-order chi connectivity index (χ0) is 18.1. The van der Waals surface area contributed by atoms with E-state index in [4.69, 9.17) is 4.74 Å². The van der Waals surface area contributed by atoms with Crippen LogP contribution in [0.4, 0.5) is 0 Å². The molecule has 0 aliphatic rings. The highest BCUT2D eigenvalue weighted by atomic mass is 16.5. The molecule has 2 rings (SSSR count). The molecule has 0 aliphatic heterocycles. The van der Waals surface area contributed by atoms with Gasteiger partial charge in [-0.15, -0.1) is 0 Å². The van der Waals surface area contributed by atoms with E-state index in [0.29, 0.717) is 17.8 Å². The molecule has 0 saturated carbocycles. The van der Waals surface area contributed by atoms with Gasteiger partial charge >= 0.3 is 0 Å². The number of ether oxygens (including phenoxy) is 1. The topological polar surface area (TPSA) is 92.7 Å². The third-order valence-electron chi connectivity index (χ3n) is 3.36. The smallest absolute Gasteiger partial charge is 0.271 e. The third kappa shape index (κ3) is 6.06. The molecule has 130 valence electrons. The van der Waals surface area contributed by atoms with Crippen molar-refractivity contribution in [1.29, 1.82) is 0 Å². The molecule has 0 aliphatic carbocycles. The van der Waals surface area contributed by atoms with Crippen molar-refractivity contribution in [2.24, 2.45) is 5.10 Å². The molecule has 0 saturated heterocycles. The van der Waals surface area contributed by atoms with Gasteiger partial charge in [0.05, 0.1) is 13.5 Å². The highest BCUT2D eigenvalue weighted by Gasteiger charge is 2.06. The molecule has 0 spiro atoms. The van der Waals surface area contributed by atoms with Gasteiger partial charge in [0, 0.05) is 30.2 Å². The van der Waals surface area contributed by atoms with Crippen LogP contribution in [0.1, 0.15) is 29.3 Å². The molecule has 0 atom stereocenters. The number of rotatable bonds is 7. The molecule has 1 heterocycles. The second-order valence-corrected chi connectivity index (χ2v) is 5.33. The van der Waals surface area contributed by atoms with Crippen LogP contribution in [0.25, 0.3) is 0 Å². The summed E-state index contributed by atoms with van der Waals surface area (Å²) in [6.45, 7) is 2.10. The van der Waals surface area contributed by atoms with E-state index in [0.717, 1.165) is 11.3 Å². The summed E-state index contributed by atoms with van der Waals surface area (Å²) in [5.41, 5.74) is 4.35. The van der Waals surface area contributed by atoms with Crippen LogP contribution in [-0.2, 0) is 11.3 Å². The van der Waals surface area contributed by atoms with Crippen LogP contribution < -0.4 is 15.5 Å². The number of nitrogens with one attached hydrogen (secondary N) is 2. The number of methoxy groups -OCH3 is 1. The van der Waals surface area contributed by atoms with Crippen LogP contribution >= 0.6 is 0 Å². The summed E-state index contributed by atoms with van der Waals surface area (Å²) in [7, 11) is 1.60. The highest BCUT2D eigenvalue weighted by Crippen LogP contribution is 2.10. The van der Waals surface area contributed by atoms with Crippen LogP contribution in [0.5, 0.6) is 5.75 Å². The molecule has 2 aromatic rings. The molecule has 1 aromatic heterocycles. The minimum absolute atomic E-state index is 0.104. The van der Waals surface area contributed by atoms with Crippen LogP contribution in [0, 0.1) is 0 Å². The standard InChI is InChI=1S/C18H20N4O3/c1-13(21-22-18(24)15-7-9-19-10-8-15)11-17(23)20-12-14-3-5-16(25-2)6-4-14/h3-10H,11-12H2,1-2H3,(H,20,23)(H,22,24)/b21-13-. The molecule has 0 bridgehead atoms. The number of amides is 2. The fourth-order valence-electron chi connectivity index (χ4n) is 1.99. The molecular weight excluding hydrogens is 320 g/mol. The van der Waals surface area contributed by atoms with Gasteiger partial charge in [-0.25, -0.2) is 5.43 Å². The number of nitrogens with zero attached hydrogens (tertiary/aromatic N) is 2. The average Bonchev–Trinajstić information content (AvgIpc) is 2.65. The Balaban J connectivity index is 1.77. The van der Waals surface area contributed by atoms with E-state index in [-0.39, 0.29) is 18.2 Å². The van der Waals surface area contributed by atoms with Crippen molar-refractivity contribution in [2.45, 2.75) is 19.9 Å². The summed E-state index contributed by atoms with van der Waals surface area (Å²) in [5.74, 6) is 0.249. The van der Waals surface area contributed by atoms with E-state index in [1.165, 1.54) is 12.4 Å². The first-order valence-corrected chi connectivity index (χ1v) is 7.71.